The summed E-state index contributed by atoms with van der Waals surface area (Å²) in [5, 5.41) is 8.87. The monoisotopic (exact) mass is 412 g/mol. The lowest BCUT2D eigenvalue weighted by Gasteiger charge is -2.05. The molecule has 0 fully saturated rings. The number of sulfone groups is 1. The topological polar surface area (TPSA) is 88.7 Å². The summed E-state index contributed by atoms with van der Waals surface area (Å²) in [5.41, 5.74) is 2.26. The van der Waals surface area contributed by atoms with E-state index in [1.54, 1.807) is 47.0 Å². The smallest absolute Gasteiger partial charge is 0.308 e. The van der Waals surface area contributed by atoms with Gasteiger partial charge in [0.05, 0.1) is 22.8 Å². The van der Waals surface area contributed by atoms with E-state index in [9.17, 15) is 13.2 Å². The molecule has 0 aliphatic carbocycles. The number of thiazole rings is 1. The van der Waals surface area contributed by atoms with Gasteiger partial charge in [-0.3, -0.25) is 9.20 Å². The van der Waals surface area contributed by atoms with E-state index in [0.717, 1.165) is 16.0 Å². The van der Waals surface area contributed by atoms with Crippen LogP contribution in [-0.2, 0) is 26.8 Å². The molecule has 6 nitrogen and oxygen atoms in total. The van der Waals surface area contributed by atoms with Gasteiger partial charge in [-0.2, -0.15) is 0 Å². The van der Waals surface area contributed by atoms with Crippen LogP contribution in [0.5, 0.6) is 0 Å². The average Bonchev–Trinajstić information content (AvgIpc) is 3.20. The normalized spacial score (nSPS) is 11.7. The van der Waals surface area contributed by atoms with E-state index in [0.29, 0.717) is 10.7 Å². The number of benzene rings is 2. The second kappa shape index (κ2) is 7.21. The summed E-state index contributed by atoms with van der Waals surface area (Å²) in [4.78, 5) is 17.0. The van der Waals surface area contributed by atoms with Crippen LogP contribution in [-0.4, -0.2) is 28.9 Å². The molecule has 0 amide bonds. The Morgan fingerprint density at radius 3 is 2.39 bits per heavy atom. The molecule has 4 aromatic rings. The number of rotatable bonds is 6. The molecule has 0 unspecified atom stereocenters. The van der Waals surface area contributed by atoms with Gasteiger partial charge in [0.25, 0.3) is 0 Å². The minimum Gasteiger partial charge on any atom is -0.481 e. The fourth-order valence-corrected chi connectivity index (χ4v) is 5.22. The Balaban J connectivity index is 1.56. The number of hydrogen-bond donors (Lipinski definition) is 1. The van der Waals surface area contributed by atoms with Crippen molar-refractivity contribution in [3.8, 4) is 11.3 Å². The van der Waals surface area contributed by atoms with Crippen LogP contribution in [0.15, 0.2) is 71.9 Å². The molecule has 2 heterocycles. The summed E-state index contributed by atoms with van der Waals surface area (Å²) in [6.07, 6.45) is 3.53. The zero-order valence-electron chi connectivity index (χ0n) is 14.6. The van der Waals surface area contributed by atoms with Crippen molar-refractivity contribution in [3.63, 3.8) is 0 Å². The molecule has 0 saturated heterocycles. The molecule has 0 spiro atoms. The Morgan fingerprint density at radius 1 is 1.04 bits per heavy atom. The molecular formula is C20H16N2O4S2. The Kier molecular flexibility index (Phi) is 4.74. The molecule has 4 rings (SSSR count). The van der Waals surface area contributed by atoms with E-state index in [4.69, 9.17) is 5.11 Å². The number of carboxylic acids is 1. The first kappa shape index (κ1) is 18.4. The second-order valence-corrected chi connectivity index (χ2v) is 9.44. The maximum Gasteiger partial charge on any atom is 0.308 e. The Bertz CT molecular complexity index is 1210. The number of carbonyl (C=O) groups is 1. The number of carboxylic acid groups (broad SMARTS) is 1. The third-order valence-electron chi connectivity index (χ3n) is 4.24. The predicted octanol–water partition coefficient (Wildman–Crippen LogP) is 3.66. The highest BCUT2D eigenvalue weighted by molar-refractivity contribution is 7.90. The standard InChI is InChI=1S/C20H16N2O4S2/c23-19(24)10-16-11-22-12-18(21-20(22)27-16)15-6-8-17(9-7-15)28(25,26)13-14-4-2-1-3-5-14/h1-9,11-12H,10,13H2,(H,23,24). The molecule has 0 atom stereocenters. The number of imidazole rings is 1. The van der Waals surface area contributed by atoms with Gasteiger partial charge in [0.15, 0.2) is 14.8 Å². The maximum atomic E-state index is 12.6. The number of fused-ring (bicyclic) bond motifs is 1. The number of nitrogens with zero attached hydrogens (tertiary/aromatic N) is 2. The minimum atomic E-state index is -3.42. The van der Waals surface area contributed by atoms with Crippen LogP contribution in [0.3, 0.4) is 0 Å². The second-order valence-electron chi connectivity index (χ2n) is 6.35. The van der Waals surface area contributed by atoms with E-state index in [2.05, 4.69) is 4.98 Å². The van der Waals surface area contributed by atoms with Crippen LogP contribution in [0.2, 0.25) is 0 Å². The highest BCUT2D eigenvalue weighted by Crippen LogP contribution is 2.26. The Morgan fingerprint density at radius 2 is 1.75 bits per heavy atom. The summed E-state index contributed by atoms with van der Waals surface area (Å²) >= 11 is 1.32. The van der Waals surface area contributed by atoms with E-state index in [-0.39, 0.29) is 17.1 Å². The number of aliphatic carboxylic acids is 1. The molecule has 0 radical (unpaired) electrons. The molecule has 0 saturated carbocycles. The highest BCUT2D eigenvalue weighted by Gasteiger charge is 2.16. The zero-order chi connectivity index (χ0) is 19.7. The van der Waals surface area contributed by atoms with Crippen molar-refractivity contribution in [2.45, 2.75) is 17.1 Å². The van der Waals surface area contributed by atoms with E-state index < -0.39 is 15.8 Å². The van der Waals surface area contributed by atoms with Gasteiger partial charge >= 0.3 is 5.97 Å². The first-order valence-corrected chi connectivity index (χ1v) is 10.9. The largest absolute Gasteiger partial charge is 0.481 e. The molecule has 142 valence electrons. The first-order valence-electron chi connectivity index (χ1n) is 8.47. The van der Waals surface area contributed by atoms with Gasteiger partial charge in [-0.15, -0.1) is 11.3 Å². The van der Waals surface area contributed by atoms with Crippen LogP contribution in [0, 0.1) is 0 Å². The summed E-state index contributed by atoms with van der Waals surface area (Å²) in [6.45, 7) is 0. The molecule has 1 N–H and O–H groups in total. The van der Waals surface area contributed by atoms with Crippen molar-refractivity contribution in [2.75, 3.05) is 0 Å². The van der Waals surface area contributed by atoms with Gasteiger partial charge < -0.3 is 5.11 Å². The summed E-state index contributed by atoms with van der Waals surface area (Å²) in [5.74, 6) is -0.920. The quantitative estimate of drug-likeness (QED) is 0.522. The van der Waals surface area contributed by atoms with Gasteiger partial charge in [0.2, 0.25) is 0 Å². The molecule has 0 aliphatic heterocycles. The molecular weight excluding hydrogens is 396 g/mol. The summed E-state index contributed by atoms with van der Waals surface area (Å²) < 4.78 is 27.0. The minimum absolute atomic E-state index is 0.0304. The van der Waals surface area contributed by atoms with Crippen molar-refractivity contribution >= 4 is 32.1 Å². The third kappa shape index (κ3) is 3.83. The average molecular weight is 412 g/mol. The molecule has 28 heavy (non-hydrogen) atoms. The number of aromatic nitrogens is 2. The Hall–Kier alpha value is -2.97. The lowest BCUT2D eigenvalue weighted by molar-refractivity contribution is -0.136. The van der Waals surface area contributed by atoms with Crippen LogP contribution in [0.1, 0.15) is 10.4 Å². The van der Waals surface area contributed by atoms with Crippen LogP contribution in [0.4, 0.5) is 0 Å². The van der Waals surface area contributed by atoms with Gasteiger partial charge in [0.1, 0.15) is 0 Å². The van der Waals surface area contributed by atoms with Gasteiger partial charge in [-0.05, 0) is 17.7 Å². The highest BCUT2D eigenvalue weighted by atomic mass is 32.2. The fraction of sp³-hybridized carbons (Fsp3) is 0.100. The van der Waals surface area contributed by atoms with Crippen LogP contribution in [0.25, 0.3) is 16.2 Å². The van der Waals surface area contributed by atoms with Gasteiger partial charge in [-0.1, -0.05) is 42.5 Å². The zero-order valence-corrected chi connectivity index (χ0v) is 16.3. The van der Waals surface area contributed by atoms with E-state index in [1.165, 1.54) is 11.3 Å². The SMILES string of the molecule is O=C(O)Cc1cn2cc(-c3ccc(S(=O)(=O)Cc4ccccc4)cc3)nc2s1. The maximum absolute atomic E-state index is 12.6. The van der Waals surface area contributed by atoms with Crippen molar-refractivity contribution in [1.82, 2.24) is 9.38 Å². The van der Waals surface area contributed by atoms with Crippen molar-refractivity contribution in [2.24, 2.45) is 0 Å². The predicted molar refractivity (Wildman–Crippen MR) is 107 cm³/mol. The lowest BCUT2D eigenvalue weighted by Crippen LogP contribution is -2.04. The van der Waals surface area contributed by atoms with Crippen LogP contribution < -0.4 is 0 Å². The Labute approximate surface area is 165 Å². The van der Waals surface area contributed by atoms with Crippen molar-refractivity contribution < 1.29 is 18.3 Å². The lowest BCUT2D eigenvalue weighted by atomic mass is 10.2. The molecule has 8 heteroatoms. The number of hydrogen-bond acceptors (Lipinski definition) is 5. The van der Waals surface area contributed by atoms with Gasteiger partial charge in [-0.25, -0.2) is 13.4 Å². The molecule has 0 aliphatic rings. The van der Waals surface area contributed by atoms with Crippen molar-refractivity contribution in [1.29, 1.82) is 0 Å². The molecule has 2 aromatic heterocycles. The third-order valence-corrected chi connectivity index (χ3v) is 6.94. The fourth-order valence-electron chi connectivity index (χ4n) is 2.92. The van der Waals surface area contributed by atoms with Crippen molar-refractivity contribution in [3.05, 3.63) is 77.4 Å². The first-order chi connectivity index (χ1) is 13.4. The van der Waals surface area contributed by atoms with Crippen LogP contribution >= 0.6 is 11.3 Å². The van der Waals surface area contributed by atoms with E-state index in [1.807, 2.05) is 24.4 Å². The molecule has 0 bridgehead atoms. The summed E-state index contributed by atoms with van der Waals surface area (Å²) in [6, 6.07) is 15.7. The summed E-state index contributed by atoms with van der Waals surface area (Å²) in [7, 11) is -3.42. The molecule has 2 aromatic carbocycles. The van der Waals surface area contributed by atoms with Gasteiger partial charge in [0, 0.05) is 22.8 Å². The van der Waals surface area contributed by atoms with E-state index >= 15 is 0 Å².